The fraction of sp³-hybridized carbons (Fsp3) is 0.200. The van der Waals surface area contributed by atoms with Crippen molar-refractivity contribution in [2.24, 2.45) is 0 Å². The third kappa shape index (κ3) is 3.30. The van der Waals surface area contributed by atoms with Crippen molar-refractivity contribution >= 4 is 0 Å². The second-order valence-corrected chi connectivity index (χ2v) is 4.39. The summed E-state index contributed by atoms with van der Waals surface area (Å²) >= 11 is 0. The van der Waals surface area contributed by atoms with E-state index in [1.54, 1.807) is 0 Å². The van der Waals surface area contributed by atoms with Crippen molar-refractivity contribution in [3.63, 3.8) is 0 Å². The molecule has 0 radical (unpaired) electrons. The van der Waals surface area contributed by atoms with Crippen LogP contribution in [0.2, 0.25) is 0 Å². The van der Waals surface area contributed by atoms with Gasteiger partial charge in [0.1, 0.15) is 23.2 Å². The van der Waals surface area contributed by atoms with E-state index in [0.717, 1.165) is 24.3 Å². The molecule has 0 fully saturated rings. The maximum Gasteiger partial charge on any atom is 0.132 e. The minimum atomic E-state index is -1.19. The Morgan fingerprint density at radius 2 is 1.70 bits per heavy atom. The first-order chi connectivity index (χ1) is 9.49. The average molecular weight is 282 g/mol. The number of hydrogen-bond acceptors (Lipinski definition) is 2. The van der Waals surface area contributed by atoms with Crippen LogP contribution >= 0.6 is 0 Å². The molecule has 2 rings (SSSR count). The van der Waals surface area contributed by atoms with Crippen molar-refractivity contribution in [2.45, 2.75) is 12.5 Å². The molecule has 2 aromatic carbocycles. The zero-order chi connectivity index (χ0) is 14.7. The molecule has 0 amide bonds. The van der Waals surface area contributed by atoms with Gasteiger partial charge in [-0.2, -0.15) is 0 Å². The van der Waals surface area contributed by atoms with Gasteiger partial charge in [0.05, 0.1) is 13.2 Å². The summed E-state index contributed by atoms with van der Waals surface area (Å²) in [6, 6.07) is 6.98. The van der Waals surface area contributed by atoms with Gasteiger partial charge in [-0.05, 0) is 29.8 Å². The van der Waals surface area contributed by atoms with Crippen LogP contribution in [0.3, 0.4) is 0 Å². The highest BCUT2D eigenvalue weighted by atomic mass is 19.1. The molecule has 0 spiro atoms. The van der Waals surface area contributed by atoms with Crippen LogP contribution < -0.4 is 4.74 Å². The van der Waals surface area contributed by atoms with E-state index in [-0.39, 0.29) is 17.5 Å². The molecular weight excluding hydrogens is 269 g/mol. The van der Waals surface area contributed by atoms with E-state index in [0.29, 0.717) is 5.75 Å². The van der Waals surface area contributed by atoms with E-state index in [1.807, 2.05) is 0 Å². The van der Waals surface area contributed by atoms with Crippen molar-refractivity contribution < 1.29 is 23.0 Å². The lowest BCUT2D eigenvalue weighted by molar-refractivity contribution is 0.173. The third-order valence-corrected chi connectivity index (χ3v) is 2.92. The molecule has 0 aromatic heterocycles. The lowest BCUT2D eigenvalue weighted by Crippen LogP contribution is -2.05. The molecule has 5 heteroatoms. The summed E-state index contributed by atoms with van der Waals surface area (Å²) in [5.41, 5.74) is 0.306. The van der Waals surface area contributed by atoms with E-state index in [9.17, 15) is 18.3 Å². The Labute approximate surface area is 114 Å². The molecule has 1 N–H and O–H groups in total. The van der Waals surface area contributed by atoms with E-state index in [4.69, 9.17) is 4.74 Å². The second kappa shape index (κ2) is 5.96. The van der Waals surface area contributed by atoms with Crippen LogP contribution in [0.5, 0.6) is 5.75 Å². The Bertz CT molecular complexity index is 594. The van der Waals surface area contributed by atoms with Crippen LogP contribution in [-0.4, -0.2) is 12.2 Å². The fourth-order valence-electron chi connectivity index (χ4n) is 1.97. The van der Waals surface area contributed by atoms with E-state index < -0.39 is 23.6 Å². The van der Waals surface area contributed by atoms with E-state index in [2.05, 4.69) is 0 Å². The molecular formula is C15H13F3O2. The highest BCUT2D eigenvalue weighted by Gasteiger charge is 2.15. The molecule has 0 saturated carbocycles. The smallest absolute Gasteiger partial charge is 0.132 e. The summed E-state index contributed by atoms with van der Waals surface area (Å²) < 4.78 is 44.7. The molecule has 1 unspecified atom stereocenters. The number of benzene rings is 2. The second-order valence-electron chi connectivity index (χ2n) is 4.39. The maximum absolute atomic E-state index is 13.8. The first-order valence-electron chi connectivity index (χ1n) is 5.96. The zero-order valence-electron chi connectivity index (χ0n) is 10.7. The number of ether oxygens (including phenoxy) is 1. The largest absolute Gasteiger partial charge is 0.497 e. The lowest BCUT2D eigenvalue weighted by Gasteiger charge is -2.13. The molecule has 2 aromatic rings. The van der Waals surface area contributed by atoms with Gasteiger partial charge in [-0.1, -0.05) is 0 Å². The van der Waals surface area contributed by atoms with Crippen molar-refractivity contribution in [3.8, 4) is 5.75 Å². The minimum absolute atomic E-state index is 0.0514. The Morgan fingerprint density at radius 1 is 1.05 bits per heavy atom. The summed E-state index contributed by atoms with van der Waals surface area (Å²) in [7, 11) is 1.40. The highest BCUT2D eigenvalue weighted by Crippen LogP contribution is 2.25. The van der Waals surface area contributed by atoms with Gasteiger partial charge < -0.3 is 9.84 Å². The number of aliphatic hydroxyl groups is 1. The normalized spacial score (nSPS) is 12.2. The summed E-state index contributed by atoms with van der Waals surface area (Å²) in [5, 5.41) is 9.97. The van der Waals surface area contributed by atoms with Crippen molar-refractivity contribution in [2.75, 3.05) is 7.11 Å². The Hall–Kier alpha value is -2.01. The number of methoxy groups -OCH3 is 1. The molecule has 0 bridgehead atoms. The summed E-state index contributed by atoms with van der Waals surface area (Å²) in [6.45, 7) is 0. The predicted molar refractivity (Wildman–Crippen MR) is 68.0 cm³/mol. The van der Waals surface area contributed by atoms with Gasteiger partial charge in [0.2, 0.25) is 0 Å². The fourth-order valence-corrected chi connectivity index (χ4v) is 1.97. The highest BCUT2D eigenvalue weighted by molar-refractivity contribution is 5.31. The first kappa shape index (κ1) is 14.4. The number of rotatable bonds is 4. The lowest BCUT2D eigenvalue weighted by atomic mass is 10.0. The van der Waals surface area contributed by atoms with Gasteiger partial charge >= 0.3 is 0 Å². The van der Waals surface area contributed by atoms with Crippen LogP contribution in [0.4, 0.5) is 13.2 Å². The van der Waals surface area contributed by atoms with Crippen molar-refractivity contribution in [1.29, 1.82) is 0 Å². The van der Waals surface area contributed by atoms with E-state index in [1.165, 1.54) is 19.2 Å². The summed E-state index contributed by atoms with van der Waals surface area (Å²) in [6.07, 6.45) is -1.28. The van der Waals surface area contributed by atoms with E-state index >= 15 is 0 Å². The molecule has 20 heavy (non-hydrogen) atoms. The number of aliphatic hydroxyl groups excluding tert-OH is 1. The minimum Gasteiger partial charge on any atom is -0.497 e. The summed E-state index contributed by atoms with van der Waals surface area (Å²) in [4.78, 5) is 0. The molecule has 0 heterocycles. The van der Waals surface area contributed by atoms with Crippen LogP contribution in [0.15, 0.2) is 36.4 Å². The van der Waals surface area contributed by atoms with Crippen LogP contribution in [-0.2, 0) is 6.42 Å². The van der Waals surface area contributed by atoms with Crippen LogP contribution in [0, 0.1) is 17.5 Å². The standard InChI is InChI=1S/C15H13F3O2/c1-20-12-2-3-13(14(18)8-12)15(19)6-9-4-10(16)7-11(17)5-9/h2-5,7-8,15,19H,6H2,1H3. The maximum atomic E-state index is 13.8. The average Bonchev–Trinajstić information content (AvgIpc) is 2.36. The molecule has 0 aliphatic carbocycles. The van der Waals surface area contributed by atoms with Gasteiger partial charge in [0, 0.05) is 24.1 Å². The molecule has 106 valence electrons. The summed E-state index contributed by atoms with van der Waals surface area (Å²) in [5.74, 6) is -1.77. The van der Waals surface area contributed by atoms with Crippen molar-refractivity contribution in [1.82, 2.24) is 0 Å². The quantitative estimate of drug-likeness (QED) is 0.931. The molecule has 0 aliphatic rings. The number of halogens is 3. The molecule has 1 atom stereocenters. The molecule has 0 aliphatic heterocycles. The number of hydrogen-bond donors (Lipinski definition) is 1. The van der Waals surface area contributed by atoms with Crippen LogP contribution in [0.1, 0.15) is 17.2 Å². The van der Waals surface area contributed by atoms with Gasteiger partial charge in [0.25, 0.3) is 0 Å². The predicted octanol–water partition coefficient (Wildman–Crippen LogP) is 3.39. The molecule has 2 nitrogen and oxygen atoms in total. The first-order valence-corrected chi connectivity index (χ1v) is 5.96. The monoisotopic (exact) mass is 282 g/mol. The van der Waals surface area contributed by atoms with Gasteiger partial charge in [-0.25, -0.2) is 13.2 Å². The van der Waals surface area contributed by atoms with Gasteiger partial charge in [-0.3, -0.25) is 0 Å². The Balaban J connectivity index is 2.21. The topological polar surface area (TPSA) is 29.5 Å². The Kier molecular flexibility index (Phi) is 4.29. The van der Waals surface area contributed by atoms with Gasteiger partial charge in [0.15, 0.2) is 0 Å². The van der Waals surface area contributed by atoms with Gasteiger partial charge in [-0.15, -0.1) is 0 Å². The third-order valence-electron chi connectivity index (χ3n) is 2.92. The van der Waals surface area contributed by atoms with Crippen LogP contribution in [0.25, 0.3) is 0 Å². The SMILES string of the molecule is COc1ccc(C(O)Cc2cc(F)cc(F)c2)c(F)c1. The Morgan fingerprint density at radius 3 is 2.25 bits per heavy atom. The zero-order valence-corrected chi connectivity index (χ0v) is 10.7. The molecule has 0 saturated heterocycles. The van der Waals surface area contributed by atoms with Crippen molar-refractivity contribution in [3.05, 3.63) is 65.0 Å².